The molecule has 0 N–H and O–H groups in total. The van der Waals surface area contributed by atoms with E-state index < -0.39 is 0 Å². The van der Waals surface area contributed by atoms with E-state index in [1.165, 1.54) is 0 Å². The first-order chi connectivity index (χ1) is 4.54. The molecule has 1 unspecified atom stereocenters. The molecule has 0 aromatic rings. The van der Waals surface area contributed by atoms with Crippen LogP contribution in [0.5, 0.6) is 0 Å². The highest BCUT2D eigenvalue weighted by atomic mass is 79.9. The van der Waals surface area contributed by atoms with Crippen LogP contribution in [0.1, 0.15) is 33.6 Å². The monoisotopic (exact) mass is 206 g/mol. The summed E-state index contributed by atoms with van der Waals surface area (Å²) in [4.78, 5) is 10.8. The van der Waals surface area contributed by atoms with Crippen LogP contribution in [0.25, 0.3) is 0 Å². The molecule has 0 spiro atoms. The zero-order valence-corrected chi connectivity index (χ0v) is 8.44. The van der Waals surface area contributed by atoms with Gasteiger partial charge in [0.15, 0.2) is 0 Å². The highest BCUT2D eigenvalue weighted by Gasteiger charge is 2.09. The Morgan fingerprint density at radius 1 is 1.40 bits per heavy atom. The van der Waals surface area contributed by atoms with Crippen LogP contribution in [0.4, 0.5) is 0 Å². The number of carbonyl (C=O) groups excluding carboxylic acids is 1. The van der Waals surface area contributed by atoms with Gasteiger partial charge in [0, 0.05) is 0 Å². The summed E-state index contributed by atoms with van der Waals surface area (Å²) in [6, 6.07) is 0. The molecule has 0 aliphatic carbocycles. The van der Waals surface area contributed by atoms with Gasteiger partial charge in [-0.25, -0.2) is 0 Å². The van der Waals surface area contributed by atoms with Crippen molar-refractivity contribution in [2.75, 3.05) is 0 Å². The van der Waals surface area contributed by atoms with Gasteiger partial charge in [0.05, 0.1) is 4.83 Å². The standard InChI is InChI=1S/C8H15BrO/c1-6(2)4-5-8(9)7(3)10/h6,8H,4-5H2,1-3H3. The van der Waals surface area contributed by atoms with Crippen LogP contribution in [0, 0.1) is 5.92 Å². The molecule has 0 fully saturated rings. The van der Waals surface area contributed by atoms with Crippen molar-refractivity contribution >= 4 is 21.7 Å². The quantitative estimate of drug-likeness (QED) is 0.648. The summed E-state index contributed by atoms with van der Waals surface area (Å²) < 4.78 is 0. The summed E-state index contributed by atoms with van der Waals surface area (Å²) in [5, 5.41) is 0. The minimum absolute atomic E-state index is 0.0786. The van der Waals surface area contributed by atoms with E-state index in [2.05, 4.69) is 29.8 Å². The average molecular weight is 207 g/mol. The van der Waals surface area contributed by atoms with Crippen molar-refractivity contribution in [3.63, 3.8) is 0 Å². The maximum Gasteiger partial charge on any atom is 0.143 e. The molecule has 0 aromatic carbocycles. The highest BCUT2D eigenvalue weighted by Crippen LogP contribution is 2.13. The summed E-state index contributed by atoms with van der Waals surface area (Å²) in [6.07, 6.45) is 2.09. The fourth-order valence-electron chi connectivity index (χ4n) is 0.683. The Morgan fingerprint density at radius 2 is 1.90 bits per heavy atom. The van der Waals surface area contributed by atoms with Crippen molar-refractivity contribution < 1.29 is 4.79 Å². The molecule has 0 rings (SSSR count). The predicted octanol–water partition coefficient (Wildman–Crippen LogP) is 2.78. The van der Waals surface area contributed by atoms with E-state index >= 15 is 0 Å². The third-order valence-electron chi connectivity index (χ3n) is 1.44. The second kappa shape index (κ2) is 4.89. The van der Waals surface area contributed by atoms with Crippen LogP contribution < -0.4 is 0 Å². The molecule has 1 nitrogen and oxygen atoms in total. The Kier molecular flexibility index (Phi) is 4.96. The fraction of sp³-hybridized carbons (Fsp3) is 0.875. The lowest BCUT2D eigenvalue weighted by molar-refractivity contribution is -0.116. The van der Waals surface area contributed by atoms with Crippen molar-refractivity contribution in [2.24, 2.45) is 5.92 Å². The number of hydrogen-bond donors (Lipinski definition) is 0. The van der Waals surface area contributed by atoms with Gasteiger partial charge in [0.25, 0.3) is 0 Å². The highest BCUT2D eigenvalue weighted by molar-refractivity contribution is 9.10. The summed E-state index contributed by atoms with van der Waals surface area (Å²) in [6.45, 7) is 5.96. The van der Waals surface area contributed by atoms with Crippen LogP contribution in [0.15, 0.2) is 0 Å². The first-order valence-corrected chi connectivity index (χ1v) is 4.60. The van der Waals surface area contributed by atoms with Gasteiger partial charge in [-0.15, -0.1) is 0 Å². The number of rotatable bonds is 4. The lowest BCUT2D eigenvalue weighted by Crippen LogP contribution is -2.09. The maximum absolute atomic E-state index is 10.7. The number of halogens is 1. The van der Waals surface area contributed by atoms with E-state index in [0.717, 1.165) is 12.8 Å². The van der Waals surface area contributed by atoms with Gasteiger partial charge < -0.3 is 0 Å². The minimum Gasteiger partial charge on any atom is -0.299 e. The van der Waals surface area contributed by atoms with Crippen molar-refractivity contribution in [1.82, 2.24) is 0 Å². The second-order valence-electron chi connectivity index (χ2n) is 3.05. The molecule has 0 radical (unpaired) electrons. The van der Waals surface area contributed by atoms with Crippen LogP contribution in [0.3, 0.4) is 0 Å². The Hall–Kier alpha value is 0.150. The molecule has 0 heterocycles. The van der Waals surface area contributed by atoms with E-state index in [1.54, 1.807) is 6.92 Å². The third-order valence-corrected chi connectivity index (χ3v) is 2.54. The van der Waals surface area contributed by atoms with Crippen LogP contribution >= 0.6 is 15.9 Å². The average Bonchev–Trinajstić information content (AvgIpc) is 1.82. The fourth-order valence-corrected chi connectivity index (χ4v) is 0.947. The van der Waals surface area contributed by atoms with E-state index in [-0.39, 0.29) is 10.6 Å². The summed E-state index contributed by atoms with van der Waals surface area (Å²) in [5.41, 5.74) is 0. The van der Waals surface area contributed by atoms with Gasteiger partial charge in [0.2, 0.25) is 0 Å². The van der Waals surface area contributed by atoms with E-state index in [0.29, 0.717) is 5.92 Å². The normalized spacial score (nSPS) is 13.7. The number of ketones is 1. The smallest absolute Gasteiger partial charge is 0.143 e. The van der Waals surface area contributed by atoms with Crippen LogP contribution in [-0.2, 0) is 4.79 Å². The SMILES string of the molecule is CC(=O)C(Br)CCC(C)C. The molecule has 0 aliphatic rings. The zero-order valence-electron chi connectivity index (χ0n) is 6.86. The van der Waals surface area contributed by atoms with Gasteiger partial charge >= 0.3 is 0 Å². The molecule has 0 saturated carbocycles. The molecule has 0 aromatic heterocycles. The van der Waals surface area contributed by atoms with Crippen LogP contribution in [0.2, 0.25) is 0 Å². The Morgan fingerprint density at radius 3 is 2.20 bits per heavy atom. The summed E-state index contributed by atoms with van der Waals surface area (Å²) in [7, 11) is 0. The molecular formula is C8H15BrO. The van der Waals surface area contributed by atoms with E-state index in [4.69, 9.17) is 0 Å². The first kappa shape index (κ1) is 10.2. The molecule has 1 atom stereocenters. The first-order valence-electron chi connectivity index (χ1n) is 3.68. The Labute approximate surface area is 71.3 Å². The molecule has 0 saturated heterocycles. The molecule has 0 amide bonds. The molecule has 0 aliphatic heterocycles. The molecule has 10 heavy (non-hydrogen) atoms. The molecule has 0 bridgehead atoms. The van der Waals surface area contributed by atoms with Crippen molar-refractivity contribution in [2.45, 2.75) is 38.4 Å². The Balaban J connectivity index is 3.40. The van der Waals surface area contributed by atoms with E-state index in [9.17, 15) is 4.79 Å². The lowest BCUT2D eigenvalue weighted by Gasteiger charge is -2.06. The zero-order chi connectivity index (χ0) is 8.15. The van der Waals surface area contributed by atoms with Crippen molar-refractivity contribution in [1.29, 1.82) is 0 Å². The predicted molar refractivity (Wildman–Crippen MR) is 47.5 cm³/mol. The second-order valence-corrected chi connectivity index (χ2v) is 4.15. The van der Waals surface area contributed by atoms with Crippen LogP contribution in [-0.4, -0.2) is 10.6 Å². The van der Waals surface area contributed by atoms with Gasteiger partial charge in [-0.3, -0.25) is 4.79 Å². The van der Waals surface area contributed by atoms with Gasteiger partial charge in [-0.1, -0.05) is 29.8 Å². The Bertz CT molecular complexity index is 110. The largest absolute Gasteiger partial charge is 0.299 e. The van der Waals surface area contributed by atoms with E-state index in [1.807, 2.05) is 0 Å². The van der Waals surface area contributed by atoms with Crippen molar-refractivity contribution in [3.8, 4) is 0 Å². The number of hydrogen-bond acceptors (Lipinski definition) is 1. The molecular weight excluding hydrogens is 192 g/mol. The number of carbonyl (C=O) groups is 1. The van der Waals surface area contributed by atoms with Gasteiger partial charge in [-0.05, 0) is 25.7 Å². The third kappa shape index (κ3) is 4.98. The van der Waals surface area contributed by atoms with Gasteiger partial charge in [0.1, 0.15) is 5.78 Å². The topological polar surface area (TPSA) is 17.1 Å². The lowest BCUT2D eigenvalue weighted by atomic mass is 10.1. The number of alkyl halides is 1. The summed E-state index contributed by atoms with van der Waals surface area (Å²) >= 11 is 3.32. The minimum atomic E-state index is 0.0786. The maximum atomic E-state index is 10.7. The van der Waals surface area contributed by atoms with Gasteiger partial charge in [-0.2, -0.15) is 0 Å². The number of Topliss-reactive ketones (excluding diaryl/α,β-unsaturated/α-hetero) is 1. The molecule has 60 valence electrons. The summed E-state index contributed by atoms with van der Waals surface area (Å²) in [5.74, 6) is 0.931. The molecule has 2 heteroatoms. The van der Waals surface area contributed by atoms with Crippen molar-refractivity contribution in [3.05, 3.63) is 0 Å².